The first-order valence-corrected chi connectivity index (χ1v) is 5.95. The van der Waals surface area contributed by atoms with Crippen molar-refractivity contribution in [1.82, 2.24) is 0 Å². The van der Waals surface area contributed by atoms with Gasteiger partial charge in [0.05, 0.1) is 6.26 Å². The van der Waals surface area contributed by atoms with E-state index in [2.05, 4.69) is 39.5 Å². The lowest BCUT2D eigenvalue weighted by atomic mass is 9.99. The van der Waals surface area contributed by atoms with Gasteiger partial charge in [-0.1, -0.05) is 31.2 Å². The van der Waals surface area contributed by atoms with Crippen molar-refractivity contribution in [3.63, 3.8) is 0 Å². The van der Waals surface area contributed by atoms with Crippen LogP contribution < -0.4 is 0 Å². The Labute approximate surface area is 98.9 Å². The van der Waals surface area contributed by atoms with Crippen molar-refractivity contribution < 1.29 is 4.42 Å². The van der Waals surface area contributed by atoms with E-state index < -0.39 is 0 Å². The zero-order valence-electron chi connectivity index (χ0n) is 10.6. The fourth-order valence-electron chi connectivity index (χ4n) is 1.72. The number of hydrogen-bond donors (Lipinski definition) is 0. The summed E-state index contributed by atoms with van der Waals surface area (Å²) in [6, 6.07) is 2.13. The summed E-state index contributed by atoms with van der Waals surface area (Å²) in [5.41, 5.74) is 2.48. The van der Waals surface area contributed by atoms with Crippen LogP contribution in [0.5, 0.6) is 0 Å². The van der Waals surface area contributed by atoms with Gasteiger partial charge >= 0.3 is 0 Å². The SMILES string of the molecule is C=CC(C)=CCCC(C)Cc1cc(C)co1. The number of aryl methyl sites for hydroxylation is 1. The summed E-state index contributed by atoms with van der Waals surface area (Å²) in [5.74, 6) is 1.77. The van der Waals surface area contributed by atoms with Crippen LogP contribution in [0.3, 0.4) is 0 Å². The molecule has 88 valence electrons. The first kappa shape index (κ1) is 12.8. The van der Waals surface area contributed by atoms with E-state index in [1.165, 1.54) is 17.6 Å². The third kappa shape index (κ3) is 4.52. The van der Waals surface area contributed by atoms with E-state index in [-0.39, 0.29) is 0 Å². The van der Waals surface area contributed by atoms with E-state index in [1.807, 2.05) is 12.3 Å². The Bertz CT molecular complexity index is 357. The highest BCUT2D eigenvalue weighted by molar-refractivity contribution is 5.13. The van der Waals surface area contributed by atoms with E-state index in [9.17, 15) is 0 Å². The molecule has 1 heteroatoms. The molecular weight excluding hydrogens is 196 g/mol. The van der Waals surface area contributed by atoms with Gasteiger partial charge in [-0.05, 0) is 44.2 Å². The summed E-state index contributed by atoms with van der Waals surface area (Å²) < 4.78 is 5.45. The minimum Gasteiger partial charge on any atom is -0.469 e. The lowest BCUT2D eigenvalue weighted by Crippen LogP contribution is -1.98. The largest absolute Gasteiger partial charge is 0.469 e. The van der Waals surface area contributed by atoms with Crippen LogP contribution in [0, 0.1) is 12.8 Å². The van der Waals surface area contributed by atoms with Crippen LogP contribution >= 0.6 is 0 Å². The molecule has 1 unspecified atom stereocenters. The smallest absolute Gasteiger partial charge is 0.104 e. The molecule has 1 atom stereocenters. The van der Waals surface area contributed by atoms with Crippen LogP contribution in [0.15, 0.2) is 41.1 Å². The fourth-order valence-corrected chi connectivity index (χ4v) is 1.72. The molecule has 0 aliphatic rings. The van der Waals surface area contributed by atoms with Gasteiger partial charge in [0, 0.05) is 6.42 Å². The Hall–Kier alpha value is -1.24. The van der Waals surface area contributed by atoms with E-state index in [0.29, 0.717) is 5.92 Å². The number of furan rings is 1. The zero-order valence-corrected chi connectivity index (χ0v) is 10.6. The maximum atomic E-state index is 5.45. The van der Waals surface area contributed by atoms with E-state index >= 15 is 0 Å². The molecule has 1 aromatic rings. The second-order valence-corrected chi connectivity index (χ2v) is 4.63. The highest BCUT2D eigenvalue weighted by Crippen LogP contribution is 2.16. The van der Waals surface area contributed by atoms with Gasteiger partial charge in [-0.2, -0.15) is 0 Å². The average Bonchev–Trinajstić information content (AvgIpc) is 2.63. The molecule has 0 aromatic carbocycles. The van der Waals surface area contributed by atoms with E-state index in [1.54, 1.807) is 0 Å². The molecule has 1 aromatic heterocycles. The Kier molecular flexibility index (Phi) is 5.10. The minimum atomic E-state index is 0.666. The predicted molar refractivity (Wildman–Crippen MR) is 69.5 cm³/mol. The second-order valence-electron chi connectivity index (χ2n) is 4.63. The third-order valence-corrected chi connectivity index (χ3v) is 2.78. The average molecular weight is 218 g/mol. The summed E-state index contributed by atoms with van der Waals surface area (Å²) in [6.07, 6.45) is 9.33. The van der Waals surface area contributed by atoms with Crippen molar-refractivity contribution in [1.29, 1.82) is 0 Å². The molecule has 0 bridgehead atoms. The topological polar surface area (TPSA) is 13.1 Å². The van der Waals surface area contributed by atoms with Gasteiger partial charge in [0.2, 0.25) is 0 Å². The van der Waals surface area contributed by atoms with Gasteiger partial charge in [-0.3, -0.25) is 0 Å². The predicted octanol–water partition coefficient (Wildman–Crippen LogP) is 4.68. The van der Waals surface area contributed by atoms with Crippen molar-refractivity contribution in [2.24, 2.45) is 5.92 Å². The molecule has 1 nitrogen and oxygen atoms in total. The van der Waals surface area contributed by atoms with Gasteiger partial charge in [0.25, 0.3) is 0 Å². The fraction of sp³-hybridized carbons (Fsp3) is 0.467. The summed E-state index contributed by atoms with van der Waals surface area (Å²) in [4.78, 5) is 0. The van der Waals surface area contributed by atoms with Crippen LogP contribution in [0.2, 0.25) is 0 Å². The van der Waals surface area contributed by atoms with Crippen molar-refractivity contribution >= 4 is 0 Å². The summed E-state index contributed by atoms with van der Waals surface area (Å²) in [6.45, 7) is 10.2. The summed E-state index contributed by atoms with van der Waals surface area (Å²) >= 11 is 0. The van der Waals surface area contributed by atoms with Gasteiger partial charge in [-0.15, -0.1) is 0 Å². The first-order chi connectivity index (χ1) is 7.61. The molecule has 1 heterocycles. The first-order valence-electron chi connectivity index (χ1n) is 5.95. The molecule has 0 amide bonds. The second kappa shape index (κ2) is 6.37. The standard InChI is InChI=1S/C15H22O/c1-5-12(2)7-6-8-13(3)9-15-10-14(4)11-16-15/h5,7,10-11,13H,1,6,8-9H2,2-4H3. The van der Waals surface area contributed by atoms with Crippen molar-refractivity contribution in [2.75, 3.05) is 0 Å². The Morgan fingerprint density at radius 3 is 2.88 bits per heavy atom. The molecule has 0 radical (unpaired) electrons. The van der Waals surface area contributed by atoms with Crippen LogP contribution in [0.25, 0.3) is 0 Å². The molecule has 0 saturated heterocycles. The highest BCUT2D eigenvalue weighted by Gasteiger charge is 2.05. The molecule has 0 N–H and O–H groups in total. The Balaban J connectivity index is 2.31. The van der Waals surface area contributed by atoms with Crippen molar-refractivity contribution in [3.05, 3.63) is 48.0 Å². The molecule has 0 spiro atoms. The Morgan fingerprint density at radius 2 is 2.31 bits per heavy atom. The molecule has 0 fully saturated rings. The van der Waals surface area contributed by atoms with Gasteiger partial charge < -0.3 is 4.42 Å². The van der Waals surface area contributed by atoms with Gasteiger partial charge in [0.15, 0.2) is 0 Å². The maximum absolute atomic E-state index is 5.45. The minimum absolute atomic E-state index is 0.666. The Morgan fingerprint density at radius 1 is 1.56 bits per heavy atom. The van der Waals surface area contributed by atoms with Crippen molar-refractivity contribution in [3.8, 4) is 0 Å². The summed E-state index contributed by atoms with van der Waals surface area (Å²) in [7, 11) is 0. The summed E-state index contributed by atoms with van der Waals surface area (Å²) in [5, 5.41) is 0. The van der Waals surface area contributed by atoms with Gasteiger partial charge in [-0.25, -0.2) is 0 Å². The highest BCUT2D eigenvalue weighted by atomic mass is 16.3. The molecule has 1 rings (SSSR count). The lowest BCUT2D eigenvalue weighted by Gasteiger charge is -2.07. The van der Waals surface area contributed by atoms with Crippen LogP contribution in [0.1, 0.15) is 38.0 Å². The molecule has 16 heavy (non-hydrogen) atoms. The normalized spacial score (nSPS) is 13.8. The third-order valence-electron chi connectivity index (χ3n) is 2.78. The van der Waals surface area contributed by atoms with Crippen LogP contribution in [-0.4, -0.2) is 0 Å². The van der Waals surface area contributed by atoms with Crippen molar-refractivity contribution in [2.45, 2.75) is 40.0 Å². The maximum Gasteiger partial charge on any atom is 0.104 e. The van der Waals surface area contributed by atoms with Crippen LogP contribution in [-0.2, 0) is 6.42 Å². The molecule has 0 aliphatic carbocycles. The zero-order chi connectivity index (χ0) is 12.0. The quantitative estimate of drug-likeness (QED) is 0.632. The van der Waals surface area contributed by atoms with Crippen LogP contribution in [0.4, 0.5) is 0 Å². The monoisotopic (exact) mass is 218 g/mol. The number of allylic oxidation sites excluding steroid dienone is 3. The molecular formula is C15H22O. The van der Waals surface area contributed by atoms with E-state index in [0.717, 1.165) is 18.6 Å². The number of hydrogen-bond acceptors (Lipinski definition) is 1. The number of rotatable bonds is 6. The molecule has 0 saturated carbocycles. The molecule has 0 aliphatic heterocycles. The van der Waals surface area contributed by atoms with Gasteiger partial charge in [0.1, 0.15) is 5.76 Å². The lowest BCUT2D eigenvalue weighted by molar-refractivity contribution is 0.442. The van der Waals surface area contributed by atoms with E-state index in [4.69, 9.17) is 4.42 Å².